The van der Waals surface area contributed by atoms with Crippen LogP contribution < -0.4 is 5.32 Å². The highest BCUT2D eigenvalue weighted by Gasteiger charge is 1.97. The molecule has 0 bridgehead atoms. The van der Waals surface area contributed by atoms with Crippen molar-refractivity contribution in [3.05, 3.63) is 24.3 Å². The van der Waals surface area contributed by atoms with Crippen LogP contribution in [-0.2, 0) is 9.47 Å². The fraction of sp³-hybridized carbons (Fsp3) is 0.429. The summed E-state index contributed by atoms with van der Waals surface area (Å²) in [6, 6.07) is 0. The van der Waals surface area contributed by atoms with E-state index in [0.29, 0.717) is 5.76 Å². The van der Waals surface area contributed by atoms with E-state index in [4.69, 9.17) is 9.47 Å². The fourth-order valence-corrected chi connectivity index (χ4v) is 0.492. The smallest absolute Gasteiger partial charge is 0.137 e. The highest BCUT2D eigenvalue weighted by atomic mass is 16.5. The second kappa shape index (κ2) is 4.73. The number of rotatable bonds is 4. The Hall–Kier alpha value is -1.12. The number of ether oxygens (including phenoxy) is 2. The van der Waals surface area contributed by atoms with Gasteiger partial charge in [0.15, 0.2) is 0 Å². The van der Waals surface area contributed by atoms with Crippen LogP contribution in [0.4, 0.5) is 0 Å². The molecule has 0 spiro atoms. The maximum atomic E-state index is 4.85. The summed E-state index contributed by atoms with van der Waals surface area (Å²) < 4.78 is 9.60. The first kappa shape index (κ1) is 8.88. The van der Waals surface area contributed by atoms with Crippen molar-refractivity contribution in [3.63, 3.8) is 0 Å². The number of likely N-dealkylation sites (N-methyl/N-ethyl adjacent to an activating group) is 1. The summed E-state index contributed by atoms with van der Waals surface area (Å²) in [7, 11) is 4.90. The van der Waals surface area contributed by atoms with Gasteiger partial charge >= 0.3 is 0 Å². The summed E-state index contributed by atoms with van der Waals surface area (Å²) in [4.78, 5) is 0. The molecule has 0 aliphatic heterocycles. The highest BCUT2D eigenvalue weighted by molar-refractivity contribution is 5.18. The highest BCUT2D eigenvalue weighted by Crippen LogP contribution is 2.02. The van der Waals surface area contributed by atoms with Crippen LogP contribution in [0.15, 0.2) is 24.3 Å². The van der Waals surface area contributed by atoms with Gasteiger partial charge in [0.25, 0.3) is 0 Å². The summed E-state index contributed by atoms with van der Waals surface area (Å²) in [6.07, 6.45) is 1.53. The number of hydrogen-bond donors (Lipinski definition) is 1. The standard InChI is InChI=1S/C7H13NO2/c1-6(10-4)7(8-2)5-9-3/h5,8H,1H2,2-4H3/b7-5-. The van der Waals surface area contributed by atoms with Crippen molar-refractivity contribution in [3.8, 4) is 0 Å². The number of nitrogens with one attached hydrogen (secondary N) is 1. The summed E-state index contributed by atoms with van der Waals surface area (Å²) in [5.41, 5.74) is 0.741. The quantitative estimate of drug-likeness (QED) is 0.467. The van der Waals surface area contributed by atoms with Gasteiger partial charge in [-0.1, -0.05) is 6.58 Å². The molecule has 0 aromatic heterocycles. The first-order valence-corrected chi connectivity index (χ1v) is 2.90. The predicted octanol–water partition coefficient (Wildman–Crippen LogP) is 0.854. The van der Waals surface area contributed by atoms with Gasteiger partial charge in [0, 0.05) is 7.05 Å². The predicted molar refractivity (Wildman–Crippen MR) is 40.3 cm³/mol. The first-order valence-electron chi connectivity index (χ1n) is 2.90. The molecule has 0 saturated heterocycles. The second-order valence-corrected chi connectivity index (χ2v) is 1.64. The van der Waals surface area contributed by atoms with Crippen molar-refractivity contribution in [2.24, 2.45) is 0 Å². The van der Waals surface area contributed by atoms with E-state index >= 15 is 0 Å². The third-order valence-electron chi connectivity index (χ3n) is 1.05. The molecule has 3 nitrogen and oxygen atoms in total. The Bertz CT molecular complexity index is 141. The van der Waals surface area contributed by atoms with Gasteiger partial charge in [-0.25, -0.2) is 0 Å². The Morgan fingerprint density at radius 3 is 2.40 bits per heavy atom. The van der Waals surface area contributed by atoms with Crippen molar-refractivity contribution < 1.29 is 9.47 Å². The molecule has 0 saturated carbocycles. The molecule has 0 radical (unpaired) electrons. The van der Waals surface area contributed by atoms with E-state index in [0.717, 1.165) is 5.70 Å². The Morgan fingerprint density at radius 1 is 1.50 bits per heavy atom. The maximum Gasteiger partial charge on any atom is 0.137 e. The molecule has 0 aliphatic rings. The van der Waals surface area contributed by atoms with Crippen LogP contribution in [-0.4, -0.2) is 21.3 Å². The Balaban J connectivity index is 4.06. The van der Waals surface area contributed by atoms with Crippen molar-refractivity contribution in [1.29, 1.82) is 0 Å². The summed E-state index contributed by atoms with van der Waals surface area (Å²) >= 11 is 0. The van der Waals surface area contributed by atoms with Crippen LogP contribution in [0.3, 0.4) is 0 Å². The van der Waals surface area contributed by atoms with Crippen LogP contribution in [0.2, 0.25) is 0 Å². The summed E-state index contributed by atoms with van der Waals surface area (Å²) in [5, 5.41) is 2.87. The molecule has 0 amide bonds. The minimum Gasteiger partial charge on any atom is -0.502 e. The van der Waals surface area contributed by atoms with E-state index in [1.54, 1.807) is 21.3 Å². The lowest BCUT2D eigenvalue weighted by molar-refractivity contribution is 0.285. The summed E-state index contributed by atoms with van der Waals surface area (Å²) in [5.74, 6) is 0.560. The van der Waals surface area contributed by atoms with E-state index in [1.165, 1.54) is 6.26 Å². The Kier molecular flexibility index (Phi) is 4.20. The number of hydrogen-bond acceptors (Lipinski definition) is 3. The third-order valence-corrected chi connectivity index (χ3v) is 1.05. The molecule has 0 atom stereocenters. The van der Waals surface area contributed by atoms with E-state index in [2.05, 4.69) is 11.9 Å². The fourth-order valence-electron chi connectivity index (χ4n) is 0.492. The zero-order chi connectivity index (χ0) is 7.98. The largest absolute Gasteiger partial charge is 0.502 e. The van der Waals surface area contributed by atoms with Gasteiger partial charge in [0.2, 0.25) is 0 Å². The molecule has 3 heteroatoms. The Labute approximate surface area is 61.3 Å². The SMILES string of the molecule is C=C(OC)/C(=C/OC)NC. The second-order valence-electron chi connectivity index (χ2n) is 1.64. The molecule has 0 aliphatic carbocycles. The van der Waals surface area contributed by atoms with Crippen molar-refractivity contribution in [2.45, 2.75) is 0 Å². The molecular weight excluding hydrogens is 130 g/mol. The van der Waals surface area contributed by atoms with Gasteiger partial charge < -0.3 is 14.8 Å². The molecule has 0 heterocycles. The maximum absolute atomic E-state index is 4.85. The van der Waals surface area contributed by atoms with Gasteiger partial charge in [-0.3, -0.25) is 0 Å². The zero-order valence-electron chi connectivity index (χ0n) is 6.60. The van der Waals surface area contributed by atoms with Crippen molar-refractivity contribution in [1.82, 2.24) is 5.32 Å². The zero-order valence-corrected chi connectivity index (χ0v) is 6.60. The van der Waals surface area contributed by atoms with Crippen molar-refractivity contribution in [2.75, 3.05) is 21.3 Å². The average Bonchev–Trinajstić information content (AvgIpc) is 1.99. The molecular formula is C7H13NO2. The lowest BCUT2D eigenvalue weighted by atomic mass is 10.4. The molecule has 0 fully saturated rings. The van der Waals surface area contributed by atoms with Crippen LogP contribution in [0.25, 0.3) is 0 Å². The lowest BCUT2D eigenvalue weighted by Gasteiger charge is -2.07. The molecule has 0 rings (SSSR count). The molecule has 10 heavy (non-hydrogen) atoms. The summed E-state index contributed by atoms with van der Waals surface area (Å²) in [6.45, 7) is 3.63. The van der Waals surface area contributed by atoms with E-state index < -0.39 is 0 Å². The Morgan fingerprint density at radius 2 is 2.10 bits per heavy atom. The molecule has 0 aromatic carbocycles. The van der Waals surface area contributed by atoms with Crippen LogP contribution >= 0.6 is 0 Å². The van der Waals surface area contributed by atoms with E-state index in [-0.39, 0.29) is 0 Å². The van der Waals surface area contributed by atoms with E-state index in [9.17, 15) is 0 Å². The van der Waals surface area contributed by atoms with Crippen LogP contribution in [0.5, 0.6) is 0 Å². The van der Waals surface area contributed by atoms with Crippen LogP contribution in [0, 0.1) is 0 Å². The monoisotopic (exact) mass is 143 g/mol. The van der Waals surface area contributed by atoms with Gasteiger partial charge in [0.1, 0.15) is 17.7 Å². The van der Waals surface area contributed by atoms with Gasteiger partial charge in [0.05, 0.1) is 14.2 Å². The normalized spacial score (nSPS) is 10.5. The lowest BCUT2D eigenvalue weighted by Crippen LogP contribution is -2.09. The van der Waals surface area contributed by atoms with E-state index in [1.807, 2.05) is 0 Å². The van der Waals surface area contributed by atoms with Gasteiger partial charge in [-0.2, -0.15) is 0 Å². The topological polar surface area (TPSA) is 30.5 Å². The van der Waals surface area contributed by atoms with Crippen LogP contribution in [0.1, 0.15) is 0 Å². The molecule has 58 valence electrons. The van der Waals surface area contributed by atoms with Gasteiger partial charge in [-0.05, 0) is 0 Å². The third kappa shape index (κ3) is 2.44. The minimum atomic E-state index is 0.560. The average molecular weight is 143 g/mol. The number of methoxy groups -OCH3 is 2. The van der Waals surface area contributed by atoms with Gasteiger partial charge in [-0.15, -0.1) is 0 Å². The molecule has 0 unspecified atom stereocenters. The molecule has 0 aromatic rings. The minimum absolute atomic E-state index is 0.560. The molecule has 1 N–H and O–H groups in total. The van der Waals surface area contributed by atoms with Crippen molar-refractivity contribution >= 4 is 0 Å². The first-order chi connectivity index (χ1) is 4.76.